The Morgan fingerprint density at radius 2 is 2.00 bits per heavy atom. The van der Waals surface area contributed by atoms with Crippen LogP contribution in [0.25, 0.3) is 11.0 Å². The van der Waals surface area contributed by atoms with Gasteiger partial charge in [-0.05, 0) is 25.0 Å². The summed E-state index contributed by atoms with van der Waals surface area (Å²) in [5.41, 5.74) is 2.27. The summed E-state index contributed by atoms with van der Waals surface area (Å²) in [6, 6.07) is 10.1. The average Bonchev–Trinajstić information content (AvgIpc) is 3.05. The minimum Gasteiger partial charge on any atom is -0.473 e. The van der Waals surface area contributed by atoms with Crippen molar-refractivity contribution in [2.45, 2.75) is 44.6 Å². The lowest BCUT2D eigenvalue weighted by Crippen LogP contribution is -2.07. The summed E-state index contributed by atoms with van der Waals surface area (Å²) < 4.78 is 24.4. The normalized spacial score (nSPS) is 15.6. The van der Waals surface area contributed by atoms with Crippen molar-refractivity contribution in [1.82, 2.24) is 4.98 Å². The molecular formula is C20H19ClFNO2. The molecule has 0 aliphatic heterocycles. The first-order valence-corrected chi connectivity index (χ1v) is 9.04. The monoisotopic (exact) mass is 359 g/mol. The van der Waals surface area contributed by atoms with Crippen molar-refractivity contribution in [3.63, 3.8) is 0 Å². The molecule has 1 saturated carbocycles. The van der Waals surface area contributed by atoms with Gasteiger partial charge in [0.2, 0.25) is 5.88 Å². The highest BCUT2D eigenvalue weighted by Gasteiger charge is 2.17. The number of rotatable bonds is 4. The molecule has 3 aromatic rings. The van der Waals surface area contributed by atoms with E-state index in [1.165, 1.54) is 38.2 Å². The highest BCUT2D eigenvalue weighted by atomic mass is 35.5. The third-order valence-corrected chi connectivity index (χ3v) is 5.16. The van der Waals surface area contributed by atoms with Gasteiger partial charge in [0.1, 0.15) is 12.2 Å². The fraction of sp³-hybridized carbons (Fsp3) is 0.350. The SMILES string of the molecule is Fc1cc2c(Cl)ccc(COc3cccc(C4CCCCC4)n3)c2o1. The predicted molar refractivity (Wildman–Crippen MR) is 95.6 cm³/mol. The molecule has 2 heterocycles. The van der Waals surface area contributed by atoms with Gasteiger partial charge in [0.15, 0.2) is 0 Å². The van der Waals surface area contributed by atoms with Crippen LogP contribution in [0.3, 0.4) is 0 Å². The molecule has 130 valence electrons. The summed E-state index contributed by atoms with van der Waals surface area (Å²) >= 11 is 6.09. The summed E-state index contributed by atoms with van der Waals surface area (Å²) in [6.07, 6.45) is 6.24. The molecule has 0 N–H and O–H groups in total. The molecule has 4 rings (SSSR count). The Morgan fingerprint density at radius 1 is 1.16 bits per heavy atom. The van der Waals surface area contributed by atoms with Gasteiger partial charge in [-0.2, -0.15) is 4.39 Å². The standard InChI is InChI=1S/C20H19ClFNO2/c21-16-10-9-14(20-15(16)11-18(22)25-20)12-24-19-8-4-7-17(23-19)13-5-2-1-3-6-13/h4,7-11,13H,1-3,5-6,12H2. The van der Waals surface area contributed by atoms with Gasteiger partial charge < -0.3 is 9.15 Å². The number of hydrogen-bond acceptors (Lipinski definition) is 3. The molecule has 1 aromatic carbocycles. The van der Waals surface area contributed by atoms with E-state index in [0.29, 0.717) is 27.8 Å². The predicted octanol–water partition coefficient (Wildman–Crippen LogP) is 6.25. The van der Waals surface area contributed by atoms with E-state index >= 15 is 0 Å². The highest BCUT2D eigenvalue weighted by molar-refractivity contribution is 6.35. The van der Waals surface area contributed by atoms with Crippen LogP contribution in [0.15, 0.2) is 40.8 Å². The van der Waals surface area contributed by atoms with Crippen LogP contribution in [0, 0.1) is 6.01 Å². The molecule has 0 unspecified atom stereocenters. The number of fused-ring (bicyclic) bond motifs is 1. The third-order valence-electron chi connectivity index (χ3n) is 4.83. The van der Waals surface area contributed by atoms with Gasteiger partial charge in [0.25, 0.3) is 6.01 Å². The molecule has 0 bridgehead atoms. The average molecular weight is 360 g/mol. The van der Waals surface area contributed by atoms with Crippen molar-refractivity contribution < 1.29 is 13.5 Å². The second-order valence-electron chi connectivity index (χ2n) is 6.52. The van der Waals surface area contributed by atoms with Crippen LogP contribution in [0.1, 0.15) is 49.3 Å². The second-order valence-corrected chi connectivity index (χ2v) is 6.93. The molecule has 0 amide bonds. The molecule has 1 fully saturated rings. The number of benzene rings is 1. The first-order chi connectivity index (χ1) is 12.2. The zero-order valence-corrected chi connectivity index (χ0v) is 14.6. The van der Waals surface area contributed by atoms with Crippen LogP contribution in [0.2, 0.25) is 5.02 Å². The Kier molecular flexibility index (Phi) is 4.62. The molecule has 25 heavy (non-hydrogen) atoms. The van der Waals surface area contributed by atoms with Crippen molar-refractivity contribution in [1.29, 1.82) is 0 Å². The van der Waals surface area contributed by atoms with E-state index in [0.717, 1.165) is 11.3 Å². The summed E-state index contributed by atoms with van der Waals surface area (Å²) in [6.45, 7) is 0.252. The minimum atomic E-state index is -0.651. The molecular weight excluding hydrogens is 341 g/mol. The zero-order valence-electron chi connectivity index (χ0n) is 13.8. The molecule has 1 aliphatic carbocycles. The Morgan fingerprint density at radius 3 is 2.84 bits per heavy atom. The number of nitrogens with zero attached hydrogens (tertiary/aromatic N) is 1. The molecule has 0 radical (unpaired) electrons. The van der Waals surface area contributed by atoms with Crippen LogP contribution in [0.5, 0.6) is 5.88 Å². The van der Waals surface area contributed by atoms with Crippen LogP contribution in [-0.4, -0.2) is 4.98 Å². The Labute approximate surface area is 150 Å². The number of furan rings is 1. The maximum absolute atomic E-state index is 13.4. The Hall–Kier alpha value is -2.07. The number of hydrogen-bond donors (Lipinski definition) is 0. The lowest BCUT2D eigenvalue weighted by molar-refractivity contribution is 0.289. The minimum absolute atomic E-state index is 0.252. The largest absolute Gasteiger partial charge is 0.473 e. The zero-order chi connectivity index (χ0) is 17.2. The van der Waals surface area contributed by atoms with Crippen molar-refractivity contribution in [2.75, 3.05) is 0 Å². The Bertz CT molecular complexity index is 887. The van der Waals surface area contributed by atoms with Gasteiger partial charge in [-0.3, -0.25) is 0 Å². The molecule has 1 aliphatic rings. The number of ether oxygens (including phenoxy) is 1. The molecule has 5 heteroatoms. The van der Waals surface area contributed by atoms with Crippen LogP contribution < -0.4 is 4.74 Å². The van der Waals surface area contributed by atoms with E-state index < -0.39 is 6.01 Å². The molecule has 0 saturated heterocycles. The fourth-order valence-electron chi connectivity index (χ4n) is 3.52. The maximum Gasteiger partial charge on any atom is 0.278 e. The van der Waals surface area contributed by atoms with Crippen LogP contribution in [-0.2, 0) is 6.61 Å². The van der Waals surface area contributed by atoms with E-state index in [1.54, 1.807) is 12.1 Å². The van der Waals surface area contributed by atoms with Crippen molar-refractivity contribution >= 4 is 22.6 Å². The summed E-state index contributed by atoms with van der Waals surface area (Å²) in [4.78, 5) is 4.66. The summed E-state index contributed by atoms with van der Waals surface area (Å²) in [5.74, 6) is 1.11. The van der Waals surface area contributed by atoms with E-state index in [-0.39, 0.29) is 6.61 Å². The van der Waals surface area contributed by atoms with Crippen molar-refractivity contribution in [2.24, 2.45) is 0 Å². The second kappa shape index (κ2) is 7.04. The Balaban J connectivity index is 1.53. The van der Waals surface area contributed by atoms with Crippen molar-refractivity contribution in [3.05, 3.63) is 58.7 Å². The van der Waals surface area contributed by atoms with Gasteiger partial charge in [-0.25, -0.2) is 4.98 Å². The van der Waals surface area contributed by atoms with Gasteiger partial charge in [-0.15, -0.1) is 0 Å². The maximum atomic E-state index is 13.4. The number of halogens is 2. The van der Waals surface area contributed by atoms with Crippen LogP contribution >= 0.6 is 11.6 Å². The van der Waals surface area contributed by atoms with Gasteiger partial charge in [0, 0.05) is 34.7 Å². The quantitative estimate of drug-likeness (QED) is 0.552. The van der Waals surface area contributed by atoms with E-state index in [1.807, 2.05) is 12.1 Å². The molecule has 3 nitrogen and oxygen atoms in total. The smallest absolute Gasteiger partial charge is 0.278 e. The van der Waals surface area contributed by atoms with Gasteiger partial charge in [-0.1, -0.05) is 43.0 Å². The van der Waals surface area contributed by atoms with Crippen LogP contribution in [0.4, 0.5) is 4.39 Å². The molecule has 2 aromatic heterocycles. The fourth-order valence-corrected chi connectivity index (χ4v) is 3.72. The molecule has 0 atom stereocenters. The topological polar surface area (TPSA) is 35.3 Å². The van der Waals surface area contributed by atoms with E-state index in [9.17, 15) is 4.39 Å². The summed E-state index contributed by atoms with van der Waals surface area (Å²) in [5, 5.41) is 1.02. The highest BCUT2D eigenvalue weighted by Crippen LogP contribution is 2.33. The first-order valence-electron chi connectivity index (χ1n) is 8.67. The van der Waals surface area contributed by atoms with Gasteiger partial charge >= 0.3 is 0 Å². The summed E-state index contributed by atoms with van der Waals surface area (Å²) in [7, 11) is 0. The van der Waals surface area contributed by atoms with Gasteiger partial charge in [0.05, 0.1) is 5.02 Å². The molecule has 0 spiro atoms. The van der Waals surface area contributed by atoms with Crippen molar-refractivity contribution in [3.8, 4) is 5.88 Å². The number of pyridine rings is 1. The lowest BCUT2D eigenvalue weighted by atomic mass is 9.87. The first kappa shape index (κ1) is 16.4. The van der Waals surface area contributed by atoms with E-state index in [4.69, 9.17) is 20.8 Å². The number of aromatic nitrogens is 1. The third kappa shape index (κ3) is 3.49. The lowest BCUT2D eigenvalue weighted by Gasteiger charge is -2.21. The van der Waals surface area contributed by atoms with E-state index in [2.05, 4.69) is 11.1 Å².